The molecule has 3 nitrogen and oxygen atoms in total. The Labute approximate surface area is 139 Å². The molecule has 0 saturated carbocycles. The average molecular weight is 330 g/mol. The van der Waals surface area contributed by atoms with Crippen molar-refractivity contribution in [2.45, 2.75) is 48.2 Å². The molecule has 2 heterocycles. The third-order valence-electron chi connectivity index (χ3n) is 5.45. The summed E-state index contributed by atoms with van der Waals surface area (Å²) in [5, 5.41) is 13.8. The lowest BCUT2D eigenvalue weighted by Gasteiger charge is -2.44. The lowest BCUT2D eigenvalue weighted by molar-refractivity contribution is 0.00792. The second-order valence-electron chi connectivity index (χ2n) is 6.80. The molecule has 2 saturated heterocycles. The third-order valence-corrected chi connectivity index (χ3v) is 7.56. The highest BCUT2D eigenvalue weighted by Gasteiger charge is 2.46. The first-order valence-corrected chi connectivity index (χ1v) is 9.58. The van der Waals surface area contributed by atoms with E-state index in [1.54, 1.807) is 7.11 Å². The van der Waals surface area contributed by atoms with Crippen LogP contribution >= 0.6 is 0 Å². The van der Waals surface area contributed by atoms with Crippen LogP contribution < -0.4 is 4.74 Å². The van der Waals surface area contributed by atoms with Gasteiger partial charge >= 0.3 is 0 Å². The molecule has 2 unspecified atom stereocenters. The van der Waals surface area contributed by atoms with Crippen LogP contribution in [0.4, 0.5) is 0 Å². The molecular weight excluding hydrogens is 308 g/mol. The normalized spacial score (nSPS) is 33.6. The van der Waals surface area contributed by atoms with E-state index in [9.17, 15) is 9.32 Å². The molecule has 2 aliphatic rings. The molecular formula is C19H22O3S. The molecule has 0 spiro atoms. The van der Waals surface area contributed by atoms with Crippen molar-refractivity contribution in [2.24, 2.45) is 0 Å². The zero-order chi connectivity index (χ0) is 16.0. The summed E-state index contributed by atoms with van der Waals surface area (Å²) in [4.78, 5) is 0. The van der Waals surface area contributed by atoms with Gasteiger partial charge in [-0.2, -0.15) is 0 Å². The zero-order valence-electron chi connectivity index (χ0n) is 13.3. The maximum Gasteiger partial charge on any atom is 0.126 e. The summed E-state index contributed by atoms with van der Waals surface area (Å²) in [6, 6.07) is 12.0. The van der Waals surface area contributed by atoms with Crippen LogP contribution in [-0.2, 0) is 16.4 Å². The maximum absolute atomic E-state index is 12.5. The van der Waals surface area contributed by atoms with Crippen molar-refractivity contribution in [2.75, 3.05) is 7.11 Å². The molecule has 2 fully saturated rings. The number of fused-ring (bicyclic) bond motifs is 3. The van der Waals surface area contributed by atoms with Gasteiger partial charge in [0.15, 0.2) is 0 Å². The number of benzene rings is 2. The number of methoxy groups -OCH3 is 1. The number of hydrogen-bond acceptors (Lipinski definition) is 3. The predicted octanol–water partition coefficient (Wildman–Crippen LogP) is 3.50. The van der Waals surface area contributed by atoms with Crippen molar-refractivity contribution in [1.29, 1.82) is 0 Å². The topological polar surface area (TPSA) is 46.5 Å². The van der Waals surface area contributed by atoms with Crippen molar-refractivity contribution in [3.63, 3.8) is 0 Å². The second-order valence-corrected chi connectivity index (χ2v) is 8.79. The summed E-state index contributed by atoms with van der Waals surface area (Å²) >= 11 is 0. The minimum atomic E-state index is -0.879. The molecule has 2 aromatic rings. The number of ether oxygens (including phenoxy) is 1. The van der Waals surface area contributed by atoms with Crippen molar-refractivity contribution < 1.29 is 14.1 Å². The minimum Gasteiger partial charge on any atom is -0.496 e. The van der Waals surface area contributed by atoms with Gasteiger partial charge in [0.1, 0.15) is 5.75 Å². The van der Waals surface area contributed by atoms with E-state index in [-0.39, 0.29) is 10.5 Å². The first kappa shape index (κ1) is 15.2. The summed E-state index contributed by atoms with van der Waals surface area (Å²) in [6.45, 7) is 0. The van der Waals surface area contributed by atoms with Gasteiger partial charge < -0.3 is 9.84 Å². The van der Waals surface area contributed by atoms with Crippen molar-refractivity contribution >= 4 is 21.6 Å². The van der Waals surface area contributed by atoms with Crippen molar-refractivity contribution in [1.82, 2.24) is 0 Å². The van der Waals surface area contributed by atoms with E-state index in [4.69, 9.17) is 4.74 Å². The summed E-state index contributed by atoms with van der Waals surface area (Å²) < 4.78 is 17.9. The molecule has 0 radical (unpaired) electrons. The summed E-state index contributed by atoms with van der Waals surface area (Å²) in [5.74, 6) is 0.826. The Bertz CT molecular complexity index is 754. The highest BCUT2D eigenvalue weighted by molar-refractivity contribution is 7.86. The average Bonchev–Trinajstić information content (AvgIpc) is 2.55. The third kappa shape index (κ3) is 2.39. The lowest BCUT2D eigenvalue weighted by atomic mass is 9.78. The Kier molecular flexibility index (Phi) is 3.69. The molecule has 0 aromatic heterocycles. The highest BCUT2D eigenvalue weighted by Crippen LogP contribution is 2.46. The van der Waals surface area contributed by atoms with Gasteiger partial charge in [0, 0.05) is 26.7 Å². The standard InChI is InChI=1S/C19H22O3S/c1-22-18-10-9-17(15-7-2-3-8-16(15)18)19(20)11-13-5-4-6-14(12-19)23(13)21/h2-3,7-10,13-14,20H,4-6,11-12H2,1H3. The van der Waals surface area contributed by atoms with Gasteiger partial charge in [0.05, 0.1) is 12.7 Å². The fourth-order valence-electron chi connectivity index (χ4n) is 4.36. The van der Waals surface area contributed by atoms with E-state index < -0.39 is 16.4 Å². The Morgan fingerprint density at radius 1 is 1.09 bits per heavy atom. The quantitative estimate of drug-likeness (QED) is 0.917. The fraction of sp³-hybridized carbons (Fsp3) is 0.474. The minimum absolute atomic E-state index is 0.133. The van der Waals surface area contributed by atoms with Crippen LogP contribution in [0.1, 0.15) is 37.7 Å². The fourth-order valence-corrected chi connectivity index (χ4v) is 6.58. The molecule has 23 heavy (non-hydrogen) atoms. The van der Waals surface area contributed by atoms with Gasteiger partial charge in [-0.1, -0.05) is 36.8 Å². The molecule has 4 rings (SSSR count). The van der Waals surface area contributed by atoms with Crippen LogP contribution in [0.25, 0.3) is 10.8 Å². The Morgan fingerprint density at radius 2 is 1.74 bits per heavy atom. The SMILES string of the molecule is COc1ccc(C2(O)CC3CCCC(C2)S3=O)c2ccccc12. The molecule has 0 amide bonds. The maximum atomic E-state index is 12.5. The van der Waals surface area contributed by atoms with E-state index in [0.717, 1.165) is 41.3 Å². The van der Waals surface area contributed by atoms with Crippen molar-refractivity contribution in [3.8, 4) is 5.75 Å². The number of hydrogen-bond donors (Lipinski definition) is 1. The molecule has 2 bridgehead atoms. The first-order valence-electron chi connectivity index (χ1n) is 8.30. The van der Waals surface area contributed by atoms with Gasteiger partial charge in [-0.15, -0.1) is 0 Å². The Morgan fingerprint density at radius 3 is 2.39 bits per heavy atom. The first-order chi connectivity index (χ1) is 11.1. The second kappa shape index (κ2) is 5.60. The van der Waals surface area contributed by atoms with E-state index >= 15 is 0 Å². The van der Waals surface area contributed by atoms with Crippen LogP contribution in [0.3, 0.4) is 0 Å². The Hall–Kier alpha value is -1.39. The lowest BCUT2D eigenvalue weighted by Crippen LogP contribution is -2.47. The zero-order valence-corrected chi connectivity index (χ0v) is 14.1. The van der Waals surface area contributed by atoms with Crippen LogP contribution in [0, 0.1) is 0 Å². The molecule has 2 aliphatic heterocycles. The van der Waals surface area contributed by atoms with Crippen LogP contribution in [0.5, 0.6) is 5.75 Å². The van der Waals surface area contributed by atoms with E-state index in [2.05, 4.69) is 0 Å². The molecule has 122 valence electrons. The molecule has 2 atom stereocenters. The van der Waals surface area contributed by atoms with E-state index in [1.807, 2.05) is 36.4 Å². The molecule has 1 N–H and O–H groups in total. The molecule has 0 aliphatic carbocycles. The van der Waals surface area contributed by atoms with E-state index in [0.29, 0.717) is 12.8 Å². The van der Waals surface area contributed by atoms with Crippen LogP contribution in [-0.4, -0.2) is 26.9 Å². The monoisotopic (exact) mass is 330 g/mol. The predicted molar refractivity (Wildman–Crippen MR) is 93.2 cm³/mol. The van der Waals surface area contributed by atoms with Crippen LogP contribution in [0.2, 0.25) is 0 Å². The van der Waals surface area contributed by atoms with E-state index in [1.165, 1.54) is 0 Å². The van der Waals surface area contributed by atoms with Gasteiger partial charge in [-0.25, -0.2) is 0 Å². The van der Waals surface area contributed by atoms with Gasteiger partial charge in [0.2, 0.25) is 0 Å². The number of rotatable bonds is 2. The molecule has 4 heteroatoms. The Balaban J connectivity index is 1.84. The summed E-state index contributed by atoms with van der Waals surface area (Å²) in [6.07, 6.45) is 4.29. The van der Waals surface area contributed by atoms with Gasteiger partial charge in [0.25, 0.3) is 0 Å². The van der Waals surface area contributed by atoms with Crippen molar-refractivity contribution in [3.05, 3.63) is 42.0 Å². The highest BCUT2D eigenvalue weighted by atomic mass is 32.2. The van der Waals surface area contributed by atoms with Gasteiger partial charge in [-0.05, 0) is 42.7 Å². The summed E-state index contributed by atoms with van der Waals surface area (Å²) in [5.41, 5.74) is 0.0812. The number of aliphatic hydroxyl groups is 1. The summed E-state index contributed by atoms with van der Waals surface area (Å²) in [7, 11) is 0.890. The smallest absolute Gasteiger partial charge is 0.126 e. The largest absolute Gasteiger partial charge is 0.496 e. The van der Waals surface area contributed by atoms with Crippen LogP contribution in [0.15, 0.2) is 36.4 Å². The molecule has 2 aromatic carbocycles. The van der Waals surface area contributed by atoms with Gasteiger partial charge in [-0.3, -0.25) is 4.21 Å².